The van der Waals surface area contributed by atoms with Gasteiger partial charge < -0.3 is 4.74 Å². The molecule has 8 nitrogen and oxygen atoms in total. The Balaban J connectivity index is 1.37. The molecule has 2 aliphatic rings. The van der Waals surface area contributed by atoms with E-state index < -0.39 is 14.9 Å². The standard InChI is InChI=1S/C22H27N3O5S/c1-18-7-8-21(25(26)27)13-20(18)15-31(28,29)24-11-9-22(10-12-24)16-23(17-30-22)14-19-5-3-2-4-6-19/h2-8,13H,9-12,14-17H2,1H3. The highest BCUT2D eigenvalue weighted by Gasteiger charge is 2.43. The number of hydrogen-bond donors (Lipinski definition) is 0. The van der Waals surface area contributed by atoms with E-state index in [4.69, 9.17) is 4.74 Å². The van der Waals surface area contributed by atoms with Crippen LogP contribution in [0.25, 0.3) is 0 Å². The predicted molar refractivity (Wildman–Crippen MR) is 117 cm³/mol. The first kappa shape index (κ1) is 21.9. The zero-order chi connectivity index (χ0) is 22.1. The van der Waals surface area contributed by atoms with Crippen LogP contribution in [0.4, 0.5) is 5.69 Å². The van der Waals surface area contributed by atoms with Crippen LogP contribution in [0.3, 0.4) is 0 Å². The zero-order valence-corrected chi connectivity index (χ0v) is 18.4. The van der Waals surface area contributed by atoms with Crippen LogP contribution in [0, 0.1) is 17.0 Å². The number of ether oxygens (including phenoxy) is 1. The molecule has 2 aromatic rings. The molecule has 166 valence electrons. The second-order valence-electron chi connectivity index (χ2n) is 8.45. The molecule has 0 radical (unpaired) electrons. The van der Waals surface area contributed by atoms with Crippen molar-refractivity contribution in [2.24, 2.45) is 0 Å². The maximum atomic E-state index is 13.0. The number of sulfonamides is 1. The maximum absolute atomic E-state index is 13.0. The molecule has 0 atom stereocenters. The molecule has 31 heavy (non-hydrogen) atoms. The van der Waals surface area contributed by atoms with E-state index in [0.29, 0.717) is 38.2 Å². The number of benzene rings is 2. The van der Waals surface area contributed by atoms with Gasteiger partial charge in [-0.25, -0.2) is 12.7 Å². The van der Waals surface area contributed by atoms with Crippen LogP contribution in [0.5, 0.6) is 0 Å². The summed E-state index contributed by atoms with van der Waals surface area (Å²) in [7, 11) is -3.57. The van der Waals surface area contributed by atoms with Crippen molar-refractivity contribution in [1.82, 2.24) is 9.21 Å². The van der Waals surface area contributed by atoms with Gasteiger partial charge >= 0.3 is 0 Å². The molecule has 2 fully saturated rings. The summed E-state index contributed by atoms with van der Waals surface area (Å²) in [5.41, 5.74) is 2.04. The molecule has 1 spiro atoms. The first-order chi connectivity index (χ1) is 14.8. The van der Waals surface area contributed by atoms with E-state index in [2.05, 4.69) is 17.0 Å². The molecule has 0 bridgehead atoms. The van der Waals surface area contributed by atoms with Crippen molar-refractivity contribution in [3.8, 4) is 0 Å². The SMILES string of the molecule is Cc1ccc([N+](=O)[O-])cc1CS(=O)(=O)N1CCC2(CC1)CN(Cc1ccccc1)CO2. The topological polar surface area (TPSA) is 93.0 Å². The zero-order valence-electron chi connectivity index (χ0n) is 17.6. The Morgan fingerprint density at radius 3 is 2.52 bits per heavy atom. The number of nitrogens with zero attached hydrogens (tertiary/aromatic N) is 3. The quantitative estimate of drug-likeness (QED) is 0.501. The lowest BCUT2D eigenvalue weighted by Crippen LogP contribution is -2.48. The Morgan fingerprint density at radius 1 is 1.13 bits per heavy atom. The Labute approximate surface area is 182 Å². The fourth-order valence-electron chi connectivity index (χ4n) is 4.36. The number of piperidine rings is 1. The minimum atomic E-state index is -3.57. The van der Waals surface area contributed by atoms with Crippen LogP contribution in [0.15, 0.2) is 48.5 Å². The Bertz CT molecular complexity index is 1050. The first-order valence-corrected chi connectivity index (χ1v) is 12.0. The Morgan fingerprint density at radius 2 is 1.84 bits per heavy atom. The lowest BCUT2D eigenvalue weighted by atomic mass is 9.92. The van der Waals surface area contributed by atoms with Gasteiger partial charge in [0.2, 0.25) is 10.0 Å². The third-order valence-corrected chi connectivity index (χ3v) is 8.05. The summed E-state index contributed by atoms with van der Waals surface area (Å²) in [6.45, 7) is 4.73. The smallest absolute Gasteiger partial charge is 0.269 e. The fraction of sp³-hybridized carbons (Fsp3) is 0.455. The van der Waals surface area contributed by atoms with E-state index >= 15 is 0 Å². The van der Waals surface area contributed by atoms with E-state index in [0.717, 1.165) is 18.7 Å². The molecule has 0 saturated carbocycles. The molecule has 2 heterocycles. The molecular weight excluding hydrogens is 418 g/mol. The summed E-state index contributed by atoms with van der Waals surface area (Å²) >= 11 is 0. The number of nitro benzene ring substituents is 1. The molecule has 2 aliphatic heterocycles. The minimum absolute atomic E-state index is 0.0914. The molecule has 9 heteroatoms. The van der Waals surface area contributed by atoms with E-state index in [9.17, 15) is 18.5 Å². The monoisotopic (exact) mass is 445 g/mol. The van der Waals surface area contributed by atoms with Crippen LogP contribution < -0.4 is 0 Å². The van der Waals surface area contributed by atoms with Crippen LogP contribution in [-0.2, 0) is 27.1 Å². The minimum Gasteiger partial charge on any atom is -0.358 e. The van der Waals surface area contributed by atoms with Gasteiger partial charge in [0.1, 0.15) is 6.73 Å². The summed E-state index contributed by atoms with van der Waals surface area (Å²) in [5.74, 6) is -0.228. The van der Waals surface area contributed by atoms with Crippen LogP contribution in [-0.4, -0.2) is 54.5 Å². The van der Waals surface area contributed by atoms with E-state index in [1.165, 1.54) is 22.0 Å². The molecule has 0 aliphatic carbocycles. The van der Waals surface area contributed by atoms with Gasteiger partial charge in [-0.1, -0.05) is 36.4 Å². The number of rotatable bonds is 6. The summed E-state index contributed by atoms with van der Waals surface area (Å²) in [4.78, 5) is 12.8. The molecular formula is C22H27N3O5S. The van der Waals surface area contributed by atoms with Gasteiger partial charge in [0.15, 0.2) is 0 Å². The van der Waals surface area contributed by atoms with Gasteiger partial charge in [0, 0.05) is 38.3 Å². The molecule has 2 saturated heterocycles. The molecule has 4 rings (SSSR count). The van der Waals surface area contributed by atoms with Crippen LogP contribution >= 0.6 is 0 Å². The Hall–Kier alpha value is -2.33. The van der Waals surface area contributed by atoms with Crippen LogP contribution in [0.1, 0.15) is 29.5 Å². The number of non-ortho nitro benzene ring substituents is 1. The predicted octanol–water partition coefficient (Wildman–Crippen LogP) is 3.06. The van der Waals surface area contributed by atoms with Gasteiger partial charge in [0.25, 0.3) is 5.69 Å². The highest BCUT2D eigenvalue weighted by atomic mass is 32.2. The van der Waals surface area contributed by atoms with Gasteiger partial charge in [-0.3, -0.25) is 15.0 Å². The lowest BCUT2D eigenvalue weighted by molar-refractivity contribution is -0.384. The second kappa shape index (κ2) is 8.66. The number of nitro groups is 1. The van der Waals surface area contributed by atoms with E-state index in [1.807, 2.05) is 18.2 Å². The number of hydrogen-bond acceptors (Lipinski definition) is 6. The largest absolute Gasteiger partial charge is 0.358 e. The second-order valence-corrected chi connectivity index (χ2v) is 10.4. The van der Waals surface area contributed by atoms with Crippen molar-refractivity contribution in [3.63, 3.8) is 0 Å². The summed E-state index contributed by atoms with van der Waals surface area (Å²) in [6, 6.07) is 14.6. The van der Waals surface area contributed by atoms with Gasteiger partial charge in [-0.05, 0) is 36.5 Å². The third kappa shape index (κ3) is 4.95. The fourth-order valence-corrected chi connectivity index (χ4v) is 5.98. The molecule has 0 amide bonds. The molecule has 0 N–H and O–H groups in total. The van der Waals surface area contributed by atoms with Gasteiger partial charge in [-0.2, -0.15) is 0 Å². The lowest BCUT2D eigenvalue weighted by Gasteiger charge is -2.37. The van der Waals surface area contributed by atoms with Crippen molar-refractivity contribution < 1.29 is 18.1 Å². The van der Waals surface area contributed by atoms with Crippen molar-refractivity contribution in [3.05, 3.63) is 75.3 Å². The summed E-state index contributed by atoms with van der Waals surface area (Å²) in [6.07, 6.45) is 1.29. The summed E-state index contributed by atoms with van der Waals surface area (Å²) < 4.78 is 33.6. The van der Waals surface area contributed by atoms with Crippen molar-refractivity contribution in [2.75, 3.05) is 26.4 Å². The third-order valence-electron chi connectivity index (χ3n) is 6.22. The van der Waals surface area contributed by atoms with Crippen molar-refractivity contribution in [2.45, 2.75) is 37.7 Å². The normalized spacial score (nSPS) is 19.6. The van der Waals surface area contributed by atoms with Gasteiger partial charge in [-0.15, -0.1) is 0 Å². The summed E-state index contributed by atoms with van der Waals surface area (Å²) in [5, 5.41) is 11.0. The molecule has 2 aromatic carbocycles. The van der Waals surface area contributed by atoms with E-state index in [1.54, 1.807) is 13.0 Å². The van der Waals surface area contributed by atoms with E-state index in [-0.39, 0.29) is 17.0 Å². The average Bonchev–Trinajstić information content (AvgIpc) is 3.12. The Kier molecular flexibility index (Phi) is 6.11. The highest BCUT2D eigenvalue weighted by Crippen LogP contribution is 2.34. The first-order valence-electron chi connectivity index (χ1n) is 10.4. The molecule has 0 aromatic heterocycles. The average molecular weight is 446 g/mol. The maximum Gasteiger partial charge on any atom is 0.269 e. The number of aryl methyl sites for hydroxylation is 1. The van der Waals surface area contributed by atoms with Crippen molar-refractivity contribution in [1.29, 1.82) is 0 Å². The van der Waals surface area contributed by atoms with Crippen LogP contribution in [0.2, 0.25) is 0 Å². The van der Waals surface area contributed by atoms with Gasteiger partial charge in [0.05, 0.1) is 16.3 Å². The highest BCUT2D eigenvalue weighted by molar-refractivity contribution is 7.88. The van der Waals surface area contributed by atoms with Crippen molar-refractivity contribution >= 4 is 15.7 Å². The molecule has 0 unspecified atom stereocenters.